The highest BCUT2D eigenvalue weighted by Gasteiger charge is 2.29. The molecule has 0 fully saturated rings. The van der Waals surface area contributed by atoms with E-state index < -0.39 is 0 Å². The van der Waals surface area contributed by atoms with Gasteiger partial charge in [0.05, 0.1) is 10.2 Å². The van der Waals surface area contributed by atoms with Gasteiger partial charge in [0.15, 0.2) is 0 Å². The zero-order chi connectivity index (χ0) is 12.1. The average Bonchev–Trinajstić information content (AvgIpc) is 2.53. The van der Waals surface area contributed by atoms with Crippen molar-refractivity contribution in [2.75, 3.05) is 0 Å². The first-order chi connectivity index (χ1) is 7.21. The van der Waals surface area contributed by atoms with E-state index in [1.165, 1.54) is 21.5 Å². The number of H-pyrrole nitrogens is 1. The minimum absolute atomic E-state index is 0.182. The molecule has 1 N–H and O–H groups in total. The first kappa shape index (κ1) is 11.7. The van der Waals surface area contributed by atoms with Crippen LogP contribution in [-0.4, -0.2) is 4.98 Å². The topological polar surface area (TPSA) is 15.8 Å². The Morgan fingerprint density at radius 3 is 2.12 bits per heavy atom. The minimum atomic E-state index is 0.182. The molecule has 0 aliphatic carbocycles. The van der Waals surface area contributed by atoms with E-state index in [1.54, 1.807) is 0 Å². The van der Waals surface area contributed by atoms with Gasteiger partial charge in [0.25, 0.3) is 0 Å². The van der Waals surface area contributed by atoms with Crippen molar-refractivity contribution in [2.45, 2.75) is 52.4 Å². The maximum atomic E-state index is 3.60. The van der Waals surface area contributed by atoms with Crippen LogP contribution < -0.4 is 0 Å². The van der Waals surface area contributed by atoms with Crippen LogP contribution in [0.25, 0.3) is 10.2 Å². The van der Waals surface area contributed by atoms with Gasteiger partial charge in [-0.25, -0.2) is 0 Å². The summed E-state index contributed by atoms with van der Waals surface area (Å²) in [7, 11) is 0. The summed E-state index contributed by atoms with van der Waals surface area (Å²) in [5.41, 5.74) is 4.55. The van der Waals surface area contributed by atoms with E-state index in [-0.39, 0.29) is 10.8 Å². The third-order valence-electron chi connectivity index (χ3n) is 2.90. The predicted molar refractivity (Wildman–Crippen MR) is 73.6 cm³/mol. The van der Waals surface area contributed by atoms with Crippen molar-refractivity contribution in [3.63, 3.8) is 0 Å². The number of hydrogen-bond donors (Lipinski definition) is 1. The van der Waals surface area contributed by atoms with Crippen LogP contribution in [0.3, 0.4) is 0 Å². The predicted octanol–water partition coefficient (Wildman–Crippen LogP) is 4.82. The molecule has 0 saturated carbocycles. The van der Waals surface area contributed by atoms with Crippen LogP contribution in [0.1, 0.15) is 52.8 Å². The summed E-state index contributed by atoms with van der Waals surface area (Å²) >= 11 is 1.85. The molecule has 0 spiro atoms. The fourth-order valence-corrected chi connectivity index (χ4v) is 3.30. The van der Waals surface area contributed by atoms with Crippen molar-refractivity contribution >= 4 is 21.6 Å². The maximum absolute atomic E-state index is 3.60. The summed E-state index contributed by atoms with van der Waals surface area (Å²) in [5, 5.41) is 2.17. The van der Waals surface area contributed by atoms with Gasteiger partial charge < -0.3 is 4.98 Å². The number of aromatic nitrogens is 1. The Morgan fingerprint density at radius 1 is 1.00 bits per heavy atom. The van der Waals surface area contributed by atoms with E-state index in [9.17, 15) is 0 Å². The molecule has 2 aromatic rings. The van der Waals surface area contributed by atoms with E-state index in [1.807, 2.05) is 11.3 Å². The summed E-state index contributed by atoms with van der Waals surface area (Å²) in [6.45, 7) is 13.7. The Hall–Kier alpha value is -0.760. The van der Waals surface area contributed by atoms with Crippen LogP contribution in [-0.2, 0) is 10.8 Å². The van der Waals surface area contributed by atoms with E-state index in [2.05, 4.69) is 58.0 Å². The quantitative estimate of drug-likeness (QED) is 0.673. The monoisotopic (exact) mass is 235 g/mol. The SMILES string of the molecule is CC(C)(C)c1[nH]c2ccsc2c1C(C)(C)C. The molecule has 0 radical (unpaired) electrons. The molecule has 0 aromatic carbocycles. The Morgan fingerprint density at radius 2 is 1.62 bits per heavy atom. The molecule has 16 heavy (non-hydrogen) atoms. The second-order valence-electron chi connectivity index (χ2n) is 6.54. The number of fused-ring (bicyclic) bond motifs is 1. The molecule has 0 unspecified atom stereocenters. The van der Waals surface area contributed by atoms with Crippen LogP contribution in [0.2, 0.25) is 0 Å². The third-order valence-corrected chi connectivity index (χ3v) is 3.83. The van der Waals surface area contributed by atoms with Gasteiger partial charge in [-0.1, -0.05) is 41.5 Å². The number of rotatable bonds is 0. The summed E-state index contributed by atoms with van der Waals surface area (Å²) in [5.74, 6) is 0. The van der Waals surface area contributed by atoms with Gasteiger partial charge in [0, 0.05) is 11.1 Å². The molecule has 2 aromatic heterocycles. The Bertz CT molecular complexity index is 503. The lowest BCUT2D eigenvalue weighted by molar-refractivity contribution is 0.525. The molecule has 0 saturated heterocycles. The second kappa shape index (κ2) is 3.36. The molecule has 2 rings (SSSR count). The first-order valence-electron chi connectivity index (χ1n) is 5.81. The lowest BCUT2D eigenvalue weighted by atomic mass is 9.79. The molecule has 0 aliphatic rings. The molecule has 2 heterocycles. The van der Waals surface area contributed by atoms with Crippen molar-refractivity contribution in [2.24, 2.45) is 0 Å². The van der Waals surface area contributed by atoms with Crippen molar-refractivity contribution in [3.05, 3.63) is 22.7 Å². The lowest BCUT2D eigenvalue weighted by Crippen LogP contribution is -2.21. The van der Waals surface area contributed by atoms with Gasteiger partial charge in [-0.2, -0.15) is 0 Å². The Kier molecular flexibility index (Phi) is 2.46. The van der Waals surface area contributed by atoms with Gasteiger partial charge in [0.2, 0.25) is 0 Å². The lowest BCUT2D eigenvalue weighted by Gasteiger charge is -2.26. The first-order valence-corrected chi connectivity index (χ1v) is 6.69. The molecule has 0 amide bonds. The molecule has 0 atom stereocenters. The highest BCUT2D eigenvalue weighted by atomic mass is 32.1. The van der Waals surface area contributed by atoms with Gasteiger partial charge >= 0.3 is 0 Å². The highest BCUT2D eigenvalue weighted by Crippen LogP contribution is 2.40. The fraction of sp³-hybridized carbons (Fsp3) is 0.571. The Labute approximate surface area is 102 Å². The van der Waals surface area contributed by atoms with Crippen LogP contribution in [0, 0.1) is 0 Å². The molecular weight excluding hydrogens is 214 g/mol. The van der Waals surface area contributed by atoms with E-state index in [0.29, 0.717) is 0 Å². The number of nitrogens with one attached hydrogen (secondary N) is 1. The largest absolute Gasteiger partial charge is 0.357 e. The molecule has 0 aliphatic heterocycles. The normalized spacial score (nSPS) is 13.6. The number of thiophene rings is 1. The van der Waals surface area contributed by atoms with E-state index >= 15 is 0 Å². The molecule has 2 heteroatoms. The van der Waals surface area contributed by atoms with Gasteiger partial charge in [-0.05, 0) is 22.4 Å². The minimum Gasteiger partial charge on any atom is -0.357 e. The maximum Gasteiger partial charge on any atom is 0.0568 e. The molecular formula is C14H21NS. The third kappa shape index (κ3) is 1.80. The average molecular weight is 235 g/mol. The summed E-state index contributed by atoms with van der Waals surface area (Å²) < 4.78 is 1.43. The zero-order valence-electron chi connectivity index (χ0n) is 11.1. The molecule has 1 nitrogen and oxygen atoms in total. The van der Waals surface area contributed by atoms with Crippen LogP contribution in [0.4, 0.5) is 0 Å². The van der Waals surface area contributed by atoms with Gasteiger partial charge in [0.1, 0.15) is 0 Å². The van der Waals surface area contributed by atoms with E-state index in [4.69, 9.17) is 0 Å². The van der Waals surface area contributed by atoms with Crippen molar-refractivity contribution in [1.29, 1.82) is 0 Å². The second-order valence-corrected chi connectivity index (χ2v) is 7.45. The van der Waals surface area contributed by atoms with Crippen molar-refractivity contribution in [3.8, 4) is 0 Å². The molecule has 88 valence electrons. The van der Waals surface area contributed by atoms with Crippen LogP contribution >= 0.6 is 11.3 Å². The van der Waals surface area contributed by atoms with E-state index in [0.717, 1.165) is 0 Å². The van der Waals surface area contributed by atoms with Gasteiger partial charge in [-0.15, -0.1) is 11.3 Å². The Balaban J connectivity index is 2.79. The fourth-order valence-electron chi connectivity index (χ4n) is 2.19. The van der Waals surface area contributed by atoms with Crippen molar-refractivity contribution < 1.29 is 0 Å². The summed E-state index contributed by atoms with van der Waals surface area (Å²) in [6.07, 6.45) is 0. The van der Waals surface area contributed by atoms with Crippen molar-refractivity contribution in [1.82, 2.24) is 4.98 Å². The standard InChI is InChI=1S/C14H21NS/c1-13(2,3)10-11-9(7-8-16-11)15-12(10)14(4,5)6/h7-8,15H,1-6H3. The zero-order valence-corrected chi connectivity index (χ0v) is 11.9. The smallest absolute Gasteiger partial charge is 0.0568 e. The highest BCUT2D eigenvalue weighted by molar-refractivity contribution is 7.17. The van der Waals surface area contributed by atoms with Gasteiger partial charge in [-0.3, -0.25) is 0 Å². The number of aromatic amines is 1. The number of hydrogen-bond acceptors (Lipinski definition) is 1. The van der Waals surface area contributed by atoms with Crippen LogP contribution in [0.15, 0.2) is 11.4 Å². The summed E-state index contributed by atoms with van der Waals surface area (Å²) in [4.78, 5) is 3.60. The summed E-state index contributed by atoms with van der Waals surface area (Å²) in [6, 6.07) is 2.18. The molecule has 0 bridgehead atoms. The van der Waals surface area contributed by atoms with Crippen LogP contribution in [0.5, 0.6) is 0 Å².